The van der Waals surface area contributed by atoms with E-state index in [9.17, 15) is 22.0 Å². The lowest BCUT2D eigenvalue weighted by atomic mass is 10.1. The van der Waals surface area contributed by atoms with Crippen molar-refractivity contribution in [3.05, 3.63) is 65.2 Å². The topological polar surface area (TPSA) is 72.5 Å². The summed E-state index contributed by atoms with van der Waals surface area (Å²) in [5.41, 5.74) is 0.870. The minimum absolute atomic E-state index is 0.0411. The van der Waals surface area contributed by atoms with Crippen LogP contribution in [0.2, 0.25) is 0 Å². The molecule has 8 heteroatoms. The molecule has 0 aromatic heterocycles. The summed E-state index contributed by atoms with van der Waals surface area (Å²) in [5.74, 6) is -1.96. The van der Waals surface area contributed by atoms with E-state index >= 15 is 0 Å². The predicted molar refractivity (Wildman–Crippen MR) is 87.4 cm³/mol. The molecule has 1 atom stereocenters. The molecule has 0 spiro atoms. The molecule has 25 heavy (non-hydrogen) atoms. The highest BCUT2D eigenvalue weighted by Gasteiger charge is 2.28. The van der Waals surface area contributed by atoms with Crippen LogP contribution in [0, 0.1) is 18.6 Å². The second kappa shape index (κ2) is 7.71. The zero-order valence-electron chi connectivity index (χ0n) is 13.6. The summed E-state index contributed by atoms with van der Waals surface area (Å²) in [5, 5.41) is 0. The molecule has 0 saturated carbocycles. The zero-order valence-corrected chi connectivity index (χ0v) is 14.4. The summed E-state index contributed by atoms with van der Waals surface area (Å²) < 4.78 is 58.3. The van der Waals surface area contributed by atoms with Crippen LogP contribution in [-0.2, 0) is 26.0 Å². The third-order valence-electron chi connectivity index (χ3n) is 3.58. The van der Waals surface area contributed by atoms with Crippen molar-refractivity contribution in [2.24, 2.45) is 0 Å². The first-order valence-electron chi connectivity index (χ1n) is 7.33. The lowest BCUT2D eigenvalue weighted by Crippen LogP contribution is -2.43. The molecule has 0 radical (unpaired) electrons. The molecule has 0 fully saturated rings. The minimum Gasteiger partial charge on any atom is -0.468 e. The van der Waals surface area contributed by atoms with E-state index < -0.39 is 33.7 Å². The maximum Gasteiger partial charge on any atom is 0.324 e. The number of nitrogens with one attached hydrogen (secondary N) is 1. The van der Waals surface area contributed by atoms with Crippen molar-refractivity contribution in [3.8, 4) is 0 Å². The SMILES string of the molecule is COC(=O)C(Cc1ccc(F)cc1)NS(=O)(=O)c1cc(F)ccc1C. The van der Waals surface area contributed by atoms with Gasteiger partial charge >= 0.3 is 5.97 Å². The Balaban J connectivity index is 2.31. The van der Waals surface area contributed by atoms with Gasteiger partial charge in [0, 0.05) is 0 Å². The molecule has 1 N–H and O–H groups in total. The molecule has 134 valence electrons. The van der Waals surface area contributed by atoms with Gasteiger partial charge in [-0.15, -0.1) is 0 Å². The van der Waals surface area contributed by atoms with Crippen LogP contribution in [0.4, 0.5) is 8.78 Å². The van der Waals surface area contributed by atoms with Crippen molar-refractivity contribution in [3.63, 3.8) is 0 Å². The smallest absolute Gasteiger partial charge is 0.324 e. The quantitative estimate of drug-likeness (QED) is 0.794. The average Bonchev–Trinajstić information content (AvgIpc) is 2.57. The molecular formula is C17H17F2NO4S. The zero-order chi connectivity index (χ0) is 18.6. The summed E-state index contributed by atoms with van der Waals surface area (Å²) in [7, 11) is -3.03. The van der Waals surface area contributed by atoms with E-state index in [0.717, 1.165) is 19.2 Å². The van der Waals surface area contributed by atoms with Crippen molar-refractivity contribution < 1.29 is 26.7 Å². The van der Waals surface area contributed by atoms with Crippen molar-refractivity contribution in [2.45, 2.75) is 24.3 Å². The fourth-order valence-corrected chi connectivity index (χ4v) is 3.73. The average molecular weight is 369 g/mol. The molecule has 0 aliphatic heterocycles. The van der Waals surface area contributed by atoms with Gasteiger partial charge < -0.3 is 4.74 Å². The molecule has 0 heterocycles. The van der Waals surface area contributed by atoms with Crippen molar-refractivity contribution in [1.82, 2.24) is 4.72 Å². The van der Waals surface area contributed by atoms with Gasteiger partial charge in [-0.3, -0.25) is 4.79 Å². The molecular weight excluding hydrogens is 352 g/mol. The lowest BCUT2D eigenvalue weighted by Gasteiger charge is -2.17. The number of ether oxygens (including phenoxy) is 1. The van der Waals surface area contributed by atoms with E-state index in [-0.39, 0.29) is 11.3 Å². The molecule has 1 unspecified atom stereocenters. The molecule has 0 amide bonds. The Kier molecular flexibility index (Phi) is 5.86. The number of aryl methyl sites for hydroxylation is 1. The molecule has 0 saturated heterocycles. The summed E-state index contributed by atoms with van der Waals surface area (Å²) in [4.78, 5) is 11.7. The van der Waals surface area contributed by atoms with E-state index in [1.807, 2.05) is 0 Å². The number of rotatable bonds is 6. The maximum absolute atomic E-state index is 13.4. The van der Waals surface area contributed by atoms with E-state index in [1.165, 1.54) is 37.3 Å². The van der Waals surface area contributed by atoms with Crippen LogP contribution in [0.1, 0.15) is 11.1 Å². The number of halogens is 2. The van der Waals surface area contributed by atoms with Crippen molar-refractivity contribution >= 4 is 16.0 Å². The maximum atomic E-state index is 13.4. The Morgan fingerprint density at radius 2 is 1.72 bits per heavy atom. The fourth-order valence-electron chi connectivity index (χ4n) is 2.29. The Labute approximate surface area is 144 Å². The van der Waals surface area contributed by atoms with E-state index in [1.54, 1.807) is 0 Å². The molecule has 2 aromatic rings. The highest BCUT2D eigenvalue weighted by molar-refractivity contribution is 7.89. The van der Waals surface area contributed by atoms with Crippen LogP contribution in [-0.4, -0.2) is 27.5 Å². The molecule has 5 nitrogen and oxygen atoms in total. The highest BCUT2D eigenvalue weighted by Crippen LogP contribution is 2.18. The van der Waals surface area contributed by atoms with Gasteiger partial charge in [0.15, 0.2) is 0 Å². The third-order valence-corrected chi connectivity index (χ3v) is 5.19. The standard InChI is InChI=1S/C17H17F2NO4S/c1-11-3-6-14(19)10-16(11)25(22,23)20-15(17(21)24-2)9-12-4-7-13(18)8-5-12/h3-8,10,15,20H,9H2,1-2H3. The summed E-state index contributed by atoms with van der Waals surface area (Å²) in [6.07, 6.45) is -0.0411. The van der Waals surface area contributed by atoms with Gasteiger partial charge in [0.2, 0.25) is 10.0 Å². The number of hydrogen-bond donors (Lipinski definition) is 1. The lowest BCUT2D eigenvalue weighted by molar-refractivity contribution is -0.142. The normalized spacial score (nSPS) is 12.6. The number of carbonyl (C=O) groups excluding carboxylic acids is 1. The monoisotopic (exact) mass is 369 g/mol. The van der Waals surface area contributed by atoms with Gasteiger partial charge in [0.25, 0.3) is 0 Å². The van der Waals surface area contributed by atoms with Gasteiger partial charge in [-0.05, 0) is 48.7 Å². The number of hydrogen-bond acceptors (Lipinski definition) is 4. The van der Waals surface area contributed by atoms with Gasteiger partial charge in [0.1, 0.15) is 17.7 Å². The summed E-state index contributed by atoms with van der Waals surface area (Å²) in [6, 6.07) is 7.40. The molecule has 0 aliphatic rings. The van der Waals surface area contributed by atoms with Gasteiger partial charge in [-0.1, -0.05) is 18.2 Å². The molecule has 0 bridgehead atoms. The van der Waals surface area contributed by atoms with Crippen LogP contribution >= 0.6 is 0 Å². The number of carbonyl (C=O) groups is 1. The Bertz CT molecular complexity index is 867. The fraction of sp³-hybridized carbons (Fsp3) is 0.235. The Hall–Kier alpha value is -2.32. The third kappa shape index (κ3) is 4.83. The predicted octanol–water partition coefficient (Wildman–Crippen LogP) is 2.34. The van der Waals surface area contributed by atoms with Gasteiger partial charge in [-0.2, -0.15) is 4.72 Å². The summed E-state index contributed by atoms with van der Waals surface area (Å²) in [6.45, 7) is 1.52. The van der Waals surface area contributed by atoms with E-state index in [0.29, 0.717) is 11.1 Å². The Morgan fingerprint density at radius 3 is 2.32 bits per heavy atom. The second-order valence-corrected chi connectivity index (χ2v) is 7.12. The van der Waals surface area contributed by atoms with Gasteiger partial charge in [-0.25, -0.2) is 17.2 Å². The number of methoxy groups -OCH3 is 1. The molecule has 2 aromatic carbocycles. The first-order valence-corrected chi connectivity index (χ1v) is 8.82. The van der Waals surface area contributed by atoms with Crippen LogP contribution in [0.15, 0.2) is 47.4 Å². The first-order chi connectivity index (χ1) is 11.7. The summed E-state index contributed by atoms with van der Waals surface area (Å²) >= 11 is 0. The second-order valence-electron chi connectivity index (χ2n) is 5.44. The number of sulfonamides is 1. The van der Waals surface area contributed by atoms with Crippen LogP contribution in [0.25, 0.3) is 0 Å². The number of benzene rings is 2. The van der Waals surface area contributed by atoms with Crippen LogP contribution in [0.3, 0.4) is 0 Å². The Morgan fingerprint density at radius 1 is 1.12 bits per heavy atom. The van der Waals surface area contributed by atoms with Crippen LogP contribution < -0.4 is 4.72 Å². The highest BCUT2D eigenvalue weighted by atomic mass is 32.2. The van der Waals surface area contributed by atoms with E-state index in [2.05, 4.69) is 9.46 Å². The molecule has 2 rings (SSSR count). The minimum atomic E-state index is -4.16. The first kappa shape index (κ1) is 19.0. The van der Waals surface area contributed by atoms with Crippen molar-refractivity contribution in [2.75, 3.05) is 7.11 Å². The van der Waals surface area contributed by atoms with E-state index in [4.69, 9.17) is 0 Å². The van der Waals surface area contributed by atoms with Crippen molar-refractivity contribution in [1.29, 1.82) is 0 Å². The van der Waals surface area contributed by atoms with Crippen LogP contribution in [0.5, 0.6) is 0 Å². The number of esters is 1. The van der Waals surface area contributed by atoms with Gasteiger partial charge in [0.05, 0.1) is 12.0 Å². The largest absolute Gasteiger partial charge is 0.468 e. The molecule has 0 aliphatic carbocycles.